The third-order valence-corrected chi connectivity index (χ3v) is 3.76. The summed E-state index contributed by atoms with van der Waals surface area (Å²) >= 11 is 5.85. The molecule has 136 valence electrons. The third-order valence-electron chi connectivity index (χ3n) is 3.51. The second-order valence-corrected chi connectivity index (χ2v) is 5.63. The van der Waals surface area contributed by atoms with Gasteiger partial charge in [-0.15, -0.1) is 24.0 Å². The monoisotopic (exact) mass is 475 g/mol. The summed E-state index contributed by atoms with van der Waals surface area (Å²) in [5.41, 5.74) is 8.07. The molecular formula is C18H23ClIN3O2. The quantitative estimate of drug-likeness (QED) is 0.365. The molecule has 7 heteroatoms. The maximum Gasteiger partial charge on any atom is 0.188 e. The fourth-order valence-electron chi connectivity index (χ4n) is 2.19. The van der Waals surface area contributed by atoms with Gasteiger partial charge < -0.3 is 20.5 Å². The highest BCUT2D eigenvalue weighted by Crippen LogP contribution is 2.27. The van der Waals surface area contributed by atoms with Crippen LogP contribution in [0.4, 0.5) is 0 Å². The van der Waals surface area contributed by atoms with Crippen LogP contribution in [0.3, 0.4) is 0 Å². The molecule has 0 atom stereocenters. The van der Waals surface area contributed by atoms with Gasteiger partial charge in [0.05, 0.1) is 20.8 Å². The minimum atomic E-state index is 0. The Kier molecular flexibility index (Phi) is 9.44. The van der Waals surface area contributed by atoms with Gasteiger partial charge in [-0.2, -0.15) is 0 Å². The molecule has 0 saturated carbocycles. The number of nitrogens with zero attached hydrogens (tertiary/aromatic N) is 1. The van der Waals surface area contributed by atoms with Crippen LogP contribution < -0.4 is 20.5 Å². The van der Waals surface area contributed by atoms with E-state index in [2.05, 4.69) is 10.3 Å². The molecule has 0 heterocycles. The van der Waals surface area contributed by atoms with E-state index in [4.69, 9.17) is 26.8 Å². The number of hydrogen-bond acceptors (Lipinski definition) is 3. The van der Waals surface area contributed by atoms with Gasteiger partial charge in [-0.05, 0) is 41.8 Å². The molecule has 3 N–H and O–H groups in total. The number of aliphatic imine (C=N–C) groups is 1. The highest BCUT2D eigenvalue weighted by Gasteiger charge is 2.04. The van der Waals surface area contributed by atoms with E-state index in [1.165, 1.54) is 0 Å². The van der Waals surface area contributed by atoms with Crippen LogP contribution in [-0.4, -0.2) is 26.7 Å². The number of guanidine groups is 1. The summed E-state index contributed by atoms with van der Waals surface area (Å²) in [5, 5.41) is 3.82. The predicted molar refractivity (Wildman–Crippen MR) is 113 cm³/mol. The Labute approximate surface area is 170 Å². The molecule has 0 spiro atoms. The summed E-state index contributed by atoms with van der Waals surface area (Å²) in [6.45, 7) is 1.21. The number of benzene rings is 2. The predicted octanol–water partition coefficient (Wildman–Crippen LogP) is 3.62. The lowest BCUT2D eigenvalue weighted by molar-refractivity contribution is 0.354. The van der Waals surface area contributed by atoms with E-state index in [1.807, 2.05) is 42.5 Å². The first-order valence-corrected chi connectivity index (χ1v) is 7.99. The molecule has 0 aromatic heterocycles. The van der Waals surface area contributed by atoms with Crippen molar-refractivity contribution >= 4 is 41.5 Å². The highest BCUT2D eigenvalue weighted by atomic mass is 127. The molecule has 0 saturated heterocycles. The Morgan fingerprint density at radius 3 is 2.32 bits per heavy atom. The zero-order valence-corrected chi connectivity index (χ0v) is 17.4. The number of rotatable bonds is 7. The summed E-state index contributed by atoms with van der Waals surface area (Å²) in [6, 6.07) is 13.4. The van der Waals surface area contributed by atoms with E-state index in [-0.39, 0.29) is 24.0 Å². The van der Waals surface area contributed by atoms with Crippen molar-refractivity contribution in [1.82, 2.24) is 5.32 Å². The summed E-state index contributed by atoms with van der Waals surface area (Å²) in [6.07, 6.45) is 0.803. The van der Waals surface area contributed by atoms with E-state index in [1.54, 1.807) is 14.2 Å². The molecule has 0 aliphatic carbocycles. The van der Waals surface area contributed by atoms with Crippen molar-refractivity contribution in [2.75, 3.05) is 20.8 Å². The molecule has 2 rings (SSSR count). The van der Waals surface area contributed by atoms with Gasteiger partial charge in [0, 0.05) is 11.6 Å². The fraction of sp³-hybridized carbons (Fsp3) is 0.278. The Morgan fingerprint density at radius 1 is 1.04 bits per heavy atom. The van der Waals surface area contributed by atoms with Gasteiger partial charge in [0.1, 0.15) is 0 Å². The van der Waals surface area contributed by atoms with Crippen molar-refractivity contribution in [2.45, 2.75) is 13.0 Å². The van der Waals surface area contributed by atoms with Gasteiger partial charge in [0.2, 0.25) is 0 Å². The Hall–Kier alpha value is -1.67. The Bertz CT molecular complexity index is 693. The topological polar surface area (TPSA) is 68.9 Å². The first kappa shape index (κ1) is 21.4. The van der Waals surface area contributed by atoms with Crippen molar-refractivity contribution < 1.29 is 9.47 Å². The van der Waals surface area contributed by atoms with Gasteiger partial charge >= 0.3 is 0 Å². The van der Waals surface area contributed by atoms with E-state index >= 15 is 0 Å². The number of nitrogens with one attached hydrogen (secondary N) is 1. The standard InChI is InChI=1S/C18H22ClN3O2.HI/c1-23-16-8-5-13(11-17(16)24-2)9-10-21-18(20)22-12-14-3-6-15(19)7-4-14;/h3-8,11H,9-10,12H2,1-2H3,(H3,20,21,22);1H. The average molecular weight is 476 g/mol. The number of nitrogens with two attached hydrogens (primary N) is 1. The normalized spacial score (nSPS) is 10.8. The van der Waals surface area contributed by atoms with Crippen LogP contribution in [0.15, 0.2) is 47.5 Å². The van der Waals surface area contributed by atoms with Crippen LogP contribution in [0.1, 0.15) is 11.1 Å². The maximum absolute atomic E-state index is 5.89. The molecule has 2 aromatic carbocycles. The molecule has 25 heavy (non-hydrogen) atoms. The van der Waals surface area contributed by atoms with Crippen molar-refractivity contribution in [2.24, 2.45) is 10.7 Å². The minimum absolute atomic E-state index is 0. The average Bonchev–Trinajstić information content (AvgIpc) is 2.61. The molecule has 5 nitrogen and oxygen atoms in total. The number of methoxy groups -OCH3 is 2. The van der Waals surface area contributed by atoms with Gasteiger partial charge in [0.15, 0.2) is 17.5 Å². The summed E-state index contributed by atoms with van der Waals surface area (Å²) in [5.74, 6) is 1.86. The molecule has 0 unspecified atom stereocenters. The zero-order chi connectivity index (χ0) is 17.4. The van der Waals surface area contributed by atoms with Crippen LogP contribution in [0.2, 0.25) is 5.02 Å². The van der Waals surface area contributed by atoms with Crippen molar-refractivity contribution in [3.63, 3.8) is 0 Å². The van der Waals surface area contributed by atoms with Gasteiger partial charge in [0.25, 0.3) is 0 Å². The van der Waals surface area contributed by atoms with Crippen LogP contribution in [0.5, 0.6) is 11.5 Å². The first-order valence-electron chi connectivity index (χ1n) is 7.61. The fourth-order valence-corrected chi connectivity index (χ4v) is 2.32. The molecule has 2 aromatic rings. The lowest BCUT2D eigenvalue weighted by atomic mass is 10.1. The molecule has 0 bridgehead atoms. The van der Waals surface area contributed by atoms with Crippen LogP contribution in [0, 0.1) is 0 Å². The molecule has 0 amide bonds. The maximum atomic E-state index is 5.89. The van der Waals surface area contributed by atoms with Gasteiger partial charge in [-0.25, -0.2) is 4.99 Å². The SMILES string of the molecule is COc1ccc(CCNC(N)=NCc2ccc(Cl)cc2)cc1OC.I. The summed E-state index contributed by atoms with van der Waals surface area (Å²) < 4.78 is 10.5. The number of hydrogen-bond donors (Lipinski definition) is 2. The van der Waals surface area contributed by atoms with Crippen molar-refractivity contribution in [1.29, 1.82) is 0 Å². The Balaban J connectivity index is 0.00000312. The smallest absolute Gasteiger partial charge is 0.188 e. The molecule has 0 aliphatic rings. The lowest BCUT2D eigenvalue weighted by Gasteiger charge is -2.10. The zero-order valence-electron chi connectivity index (χ0n) is 14.3. The van der Waals surface area contributed by atoms with Crippen LogP contribution in [0.25, 0.3) is 0 Å². The summed E-state index contributed by atoms with van der Waals surface area (Å²) in [4.78, 5) is 4.31. The molecule has 0 radical (unpaired) electrons. The number of halogens is 2. The van der Waals surface area contributed by atoms with Crippen LogP contribution >= 0.6 is 35.6 Å². The molecular weight excluding hydrogens is 453 g/mol. The number of ether oxygens (including phenoxy) is 2. The second-order valence-electron chi connectivity index (χ2n) is 5.19. The van der Waals surface area contributed by atoms with E-state index < -0.39 is 0 Å². The van der Waals surface area contributed by atoms with E-state index in [0.717, 1.165) is 29.0 Å². The largest absolute Gasteiger partial charge is 0.493 e. The third kappa shape index (κ3) is 6.99. The molecule has 0 fully saturated rings. The van der Waals surface area contributed by atoms with Crippen LogP contribution in [-0.2, 0) is 13.0 Å². The minimum Gasteiger partial charge on any atom is -0.493 e. The first-order chi connectivity index (χ1) is 11.6. The van der Waals surface area contributed by atoms with Crippen molar-refractivity contribution in [3.8, 4) is 11.5 Å². The summed E-state index contributed by atoms with van der Waals surface area (Å²) in [7, 11) is 3.25. The lowest BCUT2D eigenvalue weighted by Crippen LogP contribution is -2.33. The highest BCUT2D eigenvalue weighted by molar-refractivity contribution is 14.0. The van der Waals surface area contributed by atoms with Gasteiger partial charge in [-0.3, -0.25) is 0 Å². The Morgan fingerprint density at radius 2 is 1.68 bits per heavy atom. The van der Waals surface area contributed by atoms with E-state index in [0.29, 0.717) is 24.1 Å². The molecule has 0 aliphatic heterocycles. The van der Waals surface area contributed by atoms with E-state index in [9.17, 15) is 0 Å². The van der Waals surface area contributed by atoms with Crippen molar-refractivity contribution in [3.05, 3.63) is 58.6 Å². The van der Waals surface area contributed by atoms with Gasteiger partial charge in [-0.1, -0.05) is 29.8 Å². The second kappa shape index (κ2) is 11.0.